The maximum Gasteiger partial charge on any atom is 0.224 e. The fraction of sp³-hybridized carbons (Fsp3) is 0.217. The van der Waals surface area contributed by atoms with E-state index >= 15 is 0 Å². The number of aryl methyl sites for hydroxylation is 3. The third kappa shape index (κ3) is 4.83. The van der Waals surface area contributed by atoms with Gasteiger partial charge < -0.3 is 10.1 Å². The van der Waals surface area contributed by atoms with Crippen LogP contribution in [-0.2, 0) is 11.2 Å². The van der Waals surface area contributed by atoms with E-state index < -0.39 is 0 Å². The lowest BCUT2D eigenvalue weighted by Crippen LogP contribution is -2.14. The summed E-state index contributed by atoms with van der Waals surface area (Å²) in [5.74, 6) is 0.974. The molecule has 0 saturated carbocycles. The summed E-state index contributed by atoms with van der Waals surface area (Å²) in [5.41, 5.74) is 5.32. The van der Waals surface area contributed by atoms with Gasteiger partial charge in [-0.2, -0.15) is 5.10 Å². The molecular weight excluding hydrogens is 414 g/mol. The van der Waals surface area contributed by atoms with E-state index in [1.165, 1.54) is 0 Å². The van der Waals surface area contributed by atoms with Crippen molar-refractivity contribution in [3.8, 4) is 11.6 Å². The Kier molecular flexibility index (Phi) is 5.86. The molecule has 31 heavy (non-hydrogen) atoms. The highest BCUT2D eigenvalue weighted by atomic mass is 35.5. The predicted molar refractivity (Wildman–Crippen MR) is 120 cm³/mol. The van der Waals surface area contributed by atoms with Gasteiger partial charge in [0, 0.05) is 35.0 Å². The van der Waals surface area contributed by atoms with E-state index in [4.69, 9.17) is 16.3 Å². The number of pyridine rings is 1. The number of amides is 1. The molecule has 1 amide bonds. The molecule has 4 aromatic rings. The topological polar surface area (TPSA) is 81.4 Å². The minimum Gasteiger partial charge on any atom is -0.439 e. The zero-order valence-corrected chi connectivity index (χ0v) is 18.3. The van der Waals surface area contributed by atoms with E-state index in [1.807, 2.05) is 31.4 Å². The summed E-state index contributed by atoms with van der Waals surface area (Å²) in [6.07, 6.45) is 2.48. The molecule has 0 radical (unpaired) electrons. The average molecular weight is 436 g/mol. The second-order valence-corrected chi connectivity index (χ2v) is 7.74. The molecule has 158 valence electrons. The van der Waals surface area contributed by atoms with Crippen LogP contribution in [0.1, 0.15) is 29.1 Å². The van der Waals surface area contributed by atoms with Crippen LogP contribution in [0, 0.1) is 20.8 Å². The molecule has 0 bridgehead atoms. The van der Waals surface area contributed by atoms with Gasteiger partial charge in [-0.3, -0.25) is 4.79 Å². The van der Waals surface area contributed by atoms with Crippen LogP contribution >= 0.6 is 11.6 Å². The Morgan fingerprint density at radius 1 is 1.13 bits per heavy atom. The van der Waals surface area contributed by atoms with Gasteiger partial charge in [-0.15, -0.1) is 0 Å². The lowest BCUT2D eigenvalue weighted by molar-refractivity contribution is -0.116. The van der Waals surface area contributed by atoms with Gasteiger partial charge in [-0.25, -0.2) is 14.5 Å². The number of nitrogens with one attached hydrogen (secondary N) is 1. The van der Waals surface area contributed by atoms with Crippen molar-refractivity contribution in [2.45, 2.75) is 33.6 Å². The van der Waals surface area contributed by atoms with Crippen LogP contribution in [0.2, 0.25) is 5.02 Å². The van der Waals surface area contributed by atoms with Gasteiger partial charge in [-0.05, 0) is 63.1 Å². The van der Waals surface area contributed by atoms with E-state index in [1.54, 1.807) is 42.6 Å². The number of rotatable bonds is 6. The minimum atomic E-state index is -0.0938. The number of ether oxygens (including phenoxy) is 1. The molecule has 7 nitrogen and oxygen atoms in total. The zero-order chi connectivity index (χ0) is 22.0. The maximum atomic E-state index is 12.5. The third-order valence-electron chi connectivity index (χ3n) is 4.94. The fourth-order valence-corrected chi connectivity index (χ4v) is 3.53. The van der Waals surface area contributed by atoms with E-state index in [2.05, 4.69) is 20.4 Å². The smallest absolute Gasteiger partial charge is 0.224 e. The second-order valence-electron chi connectivity index (χ2n) is 7.31. The van der Waals surface area contributed by atoms with E-state index in [9.17, 15) is 4.79 Å². The lowest BCUT2D eigenvalue weighted by Gasteiger charge is -2.11. The molecular formula is C23H22ClN5O2. The predicted octanol–water partition coefficient (Wildman–Crippen LogP) is 5.07. The number of hydrogen-bond acceptors (Lipinski definition) is 5. The van der Waals surface area contributed by atoms with Crippen molar-refractivity contribution in [3.63, 3.8) is 0 Å². The van der Waals surface area contributed by atoms with Crippen LogP contribution < -0.4 is 10.1 Å². The van der Waals surface area contributed by atoms with Crippen molar-refractivity contribution in [2.24, 2.45) is 0 Å². The molecule has 1 N–H and O–H groups in total. The van der Waals surface area contributed by atoms with Gasteiger partial charge in [0.1, 0.15) is 5.75 Å². The Morgan fingerprint density at radius 2 is 1.90 bits per heavy atom. The lowest BCUT2D eigenvalue weighted by atomic mass is 10.1. The first kappa shape index (κ1) is 20.8. The molecule has 0 saturated heterocycles. The third-order valence-corrected chi connectivity index (χ3v) is 5.20. The molecule has 0 aliphatic rings. The number of hydrogen-bond donors (Lipinski definition) is 1. The van der Waals surface area contributed by atoms with Crippen molar-refractivity contribution < 1.29 is 9.53 Å². The number of benzene rings is 1. The molecule has 1 aromatic carbocycles. The summed E-state index contributed by atoms with van der Waals surface area (Å²) in [6, 6.07) is 12.4. The fourth-order valence-electron chi connectivity index (χ4n) is 3.40. The highest BCUT2D eigenvalue weighted by Crippen LogP contribution is 2.22. The monoisotopic (exact) mass is 435 g/mol. The minimum absolute atomic E-state index is 0.0938. The molecule has 8 heteroatoms. The molecule has 3 heterocycles. The number of halogens is 1. The first-order chi connectivity index (χ1) is 14.9. The highest BCUT2D eigenvalue weighted by Gasteiger charge is 2.13. The molecule has 0 unspecified atom stereocenters. The van der Waals surface area contributed by atoms with Crippen LogP contribution in [0.5, 0.6) is 11.6 Å². The summed E-state index contributed by atoms with van der Waals surface area (Å²) in [7, 11) is 0. The van der Waals surface area contributed by atoms with Gasteiger partial charge in [0.2, 0.25) is 11.8 Å². The number of nitrogens with zero attached hydrogens (tertiary/aromatic N) is 4. The molecule has 4 rings (SSSR count). The Balaban J connectivity index is 1.37. The quantitative estimate of drug-likeness (QED) is 0.457. The largest absolute Gasteiger partial charge is 0.439 e. The number of carbonyl (C=O) groups excluding carboxylic acids is 1. The molecule has 0 atom stereocenters. The Hall–Kier alpha value is -3.45. The normalized spacial score (nSPS) is 11.0. The van der Waals surface area contributed by atoms with Crippen molar-refractivity contribution >= 4 is 28.8 Å². The SMILES string of the molecule is Cc1cc2nc(C)c(CCC(=O)Nc3ccc(Oc4ccc(Cl)cc4)nc3)c(C)n2n1. The summed E-state index contributed by atoms with van der Waals surface area (Å²) >= 11 is 5.87. The van der Waals surface area contributed by atoms with E-state index in [0.717, 1.165) is 28.3 Å². The standard InChI is InChI=1S/C23H22ClN5O2/c1-14-12-21-26-15(2)20(16(3)29(21)28-14)9-10-22(30)27-18-6-11-23(25-13-18)31-19-7-4-17(24)5-8-19/h4-8,11-13H,9-10H2,1-3H3,(H,27,30). The summed E-state index contributed by atoms with van der Waals surface area (Å²) in [4.78, 5) is 21.3. The molecule has 0 aliphatic carbocycles. The van der Waals surface area contributed by atoms with Crippen LogP contribution in [-0.4, -0.2) is 25.5 Å². The molecule has 0 spiro atoms. The Bertz CT molecular complexity index is 1230. The average Bonchev–Trinajstić information content (AvgIpc) is 3.11. The number of aromatic nitrogens is 4. The van der Waals surface area contributed by atoms with E-state index in [0.29, 0.717) is 35.2 Å². The molecule has 0 fully saturated rings. The first-order valence-electron chi connectivity index (χ1n) is 9.91. The van der Waals surface area contributed by atoms with E-state index in [-0.39, 0.29) is 5.91 Å². The van der Waals surface area contributed by atoms with Crippen LogP contribution in [0.3, 0.4) is 0 Å². The summed E-state index contributed by atoms with van der Waals surface area (Å²) in [5, 5.41) is 7.99. The molecule has 0 aliphatic heterocycles. The van der Waals surface area contributed by atoms with Gasteiger partial charge >= 0.3 is 0 Å². The summed E-state index contributed by atoms with van der Waals surface area (Å²) in [6.45, 7) is 5.91. The number of anilines is 1. The zero-order valence-electron chi connectivity index (χ0n) is 17.5. The second kappa shape index (κ2) is 8.73. The van der Waals surface area contributed by atoms with Gasteiger partial charge in [0.05, 0.1) is 17.6 Å². The van der Waals surface area contributed by atoms with Gasteiger partial charge in [-0.1, -0.05) is 11.6 Å². The summed E-state index contributed by atoms with van der Waals surface area (Å²) < 4.78 is 7.50. The van der Waals surface area contributed by atoms with Crippen LogP contribution in [0.4, 0.5) is 5.69 Å². The van der Waals surface area contributed by atoms with Crippen molar-refractivity contribution in [2.75, 3.05) is 5.32 Å². The van der Waals surface area contributed by atoms with Crippen molar-refractivity contribution in [3.05, 3.63) is 76.3 Å². The number of carbonyl (C=O) groups is 1. The van der Waals surface area contributed by atoms with Crippen LogP contribution in [0.25, 0.3) is 5.65 Å². The molecule has 3 aromatic heterocycles. The van der Waals surface area contributed by atoms with Crippen molar-refractivity contribution in [1.82, 2.24) is 19.6 Å². The van der Waals surface area contributed by atoms with Gasteiger partial charge in [0.25, 0.3) is 0 Å². The number of fused-ring (bicyclic) bond motifs is 1. The Morgan fingerprint density at radius 3 is 2.61 bits per heavy atom. The first-order valence-corrected chi connectivity index (χ1v) is 10.3. The van der Waals surface area contributed by atoms with Crippen molar-refractivity contribution in [1.29, 1.82) is 0 Å². The Labute approximate surface area is 185 Å². The van der Waals surface area contributed by atoms with Crippen LogP contribution in [0.15, 0.2) is 48.7 Å². The maximum absolute atomic E-state index is 12.5. The van der Waals surface area contributed by atoms with Gasteiger partial charge in [0.15, 0.2) is 5.65 Å². The highest BCUT2D eigenvalue weighted by molar-refractivity contribution is 6.30.